The molecule has 12 heteroatoms. The molecule has 0 aliphatic carbocycles. The Morgan fingerprint density at radius 2 is 1.67 bits per heavy atom. The molecule has 1 fully saturated rings. The van der Waals surface area contributed by atoms with E-state index in [1.165, 1.54) is 10.4 Å². The molecule has 3 N–H and O–H groups in total. The molecule has 0 saturated carbocycles. The average molecular weight is 473 g/mol. The maximum atomic E-state index is 12.7. The molecule has 0 atom stereocenters. The van der Waals surface area contributed by atoms with Crippen molar-refractivity contribution in [2.75, 3.05) is 32.7 Å². The van der Waals surface area contributed by atoms with E-state index in [0.717, 1.165) is 16.9 Å². The molecule has 0 radical (unpaired) electrons. The van der Waals surface area contributed by atoms with Crippen LogP contribution in [0.4, 0.5) is 0 Å². The number of carbonyl (C=O) groups is 1. The van der Waals surface area contributed by atoms with Crippen LogP contribution in [0.5, 0.6) is 0 Å². The van der Waals surface area contributed by atoms with E-state index >= 15 is 0 Å². The number of hydrogen-bond donors (Lipinski definition) is 2. The van der Waals surface area contributed by atoms with Crippen molar-refractivity contribution >= 4 is 37.3 Å². The Morgan fingerprint density at radius 3 is 2.23 bits per heavy atom. The fourth-order valence-corrected chi connectivity index (χ4v) is 6.18. The molecule has 30 heavy (non-hydrogen) atoms. The molecule has 1 aromatic heterocycles. The minimum Gasteiger partial charge on any atom is -0.350 e. The lowest BCUT2D eigenvalue weighted by Crippen LogP contribution is -2.50. The molecule has 3 rings (SSSR count). The summed E-state index contributed by atoms with van der Waals surface area (Å²) in [5.41, 5.74) is 0.994. The van der Waals surface area contributed by atoms with Crippen molar-refractivity contribution in [1.82, 2.24) is 14.5 Å². The number of amides is 1. The third-order valence-electron chi connectivity index (χ3n) is 4.73. The quantitative estimate of drug-likeness (QED) is 0.597. The number of aryl methyl sites for hydroxylation is 1. The number of rotatable bonds is 7. The van der Waals surface area contributed by atoms with Gasteiger partial charge in [-0.05, 0) is 31.2 Å². The van der Waals surface area contributed by atoms with E-state index in [1.807, 2.05) is 11.8 Å². The van der Waals surface area contributed by atoms with Crippen LogP contribution in [0.15, 0.2) is 45.5 Å². The number of nitrogens with zero attached hydrogens (tertiary/aromatic N) is 2. The first-order valence-electron chi connectivity index (χ1n) is 9.23. The van der Waals surface area contributed by atoms with Gasteiger partial charge in [-0.25, -0.2) is 22.0 Å². The number of benzene rings is 1. The summed E-state index contributed by atoms with van der Waals surface area (Å²) < 4.78 is 49.6. The third-order valence-corrected chi connectivity index (χ3v) is 9.17. The monoisotopic (exact) mass is 472 g/mol. The van der Waals surface area contributed by atoms with E-state index < -0.39 is 20.0 Å². The van der Waals surface area contributed by atoms with Crippen molar-refractivity contribution in [3.05, 3.63) is 46.8 Å². The van der Waals surface area contributed by atoms with Crippen LogP contribution in [0.3, 0.4) is 0 Å². The predicted octanol–water partition coefficient (Wildman–Crippen LogP) is 0.327. The Kier molecular flexibility index (Phi) is 6.95. The van der Waals surface area contributed by atoms with Gasteiger partial charge in [0.2, 0.25) is 26.0 Å². The van der Waals surface area contributed by atoms with Crippen molar-refractivity contribution in [3.63, 3.8) is 0 Å². The smallest absolute Gasteiger partial charge is 0.247 e. The molecule has 9 nitrogen and oxygen atoms in total. The van der Waals surface area contributed by atoms with E-state index in [2.05, 4.69) is 5.32 Å². The molecule has 1 aliphatic rings. The second kappa shape index (κ2) is 9.12. The predicted molar refractivity (Wildman–Crippen MR) is 114 cm³/mol. The van der Waals surface area contributed by atoms with Crippen LogP contribution in [0.2, 0.25) is 0 Å². The molecule has 0 spiro atoms. The van der Waals surface area contributed by atoms with Crippen LogP contribution in [-0.2, 0) is 31.4 Å². The Bertz CT molecular complexity index is 1100. The summed E-state index contributed by atoms with van der Waals surface area (Å²) in [5.74, 6) is -0.213. The van der Waals surface area contributed by atoms with Gasteiger partial charge >= 0.3 is 0 Å². The van der Waals surface area contributed by atoms with Crippen molar-refractivity contribution in [3.8, 4) is 0 Å². The Morgan fingerprint density at radius 1 is 1.03 bits per heavy atom. The average Bonchev–Trinajstić information content (AvgIpc) is 3.17. The van der Waals surface area contributed by atoms with Crippen molar-refractivity contribution in [2.24, 2.45) is 5.14 Å². The lowest BCUT2D eigenvalue weighted by atomic mass is 10.2. The Labute approximate surface area is 180 Å². The van der Waals surface area contributed by atoms with E-state index in [-0.39, 0.29) is 28.1 Å². The van der Waals surface area contributed by atoms with E-state index in [4.69, 9.17) is 5.14 Å². The molecule has 1 aromatic carbocycles. The normalized spacial score (nSPS) is 16.5. The lowest BCUT2D eigenvalue weighted by Gasteiger charge is -2.33. The molecule has 1 aliphatic heterocycles. The summed E-state index contributed by atoms with van der Waals surface area (Å²) in [6.07, 6.45) is 0. The minimum absolute atomic E-state index is 0.0534. The van der Waals surface area contributed by atoms with Gasteiger partial charge in [0.15, 0.2) is 0 Å². The first kappa shape index (κ1) is 22.8. The lowest BCUT2D eigenvalue weighted by molar-refractivity contribution is -0.122. The molecule has 1 amide bonds. The summed E-state index contributed by atoms with van der Waals surface area (Å²) in [7, 11) is -7.28. The molecule has 1 saturated heterocycles. The zero-order valence-corrected chi connectivity index (χ0v) is 18.9. The first-order chi connectivity index (χ1) is 14.1. The van der Waals surface area contributed by atoms with Crippen molar-refractivity contribution in [2.45, 2.75) is 22.6 Å². The largest absolute Gasteiger partial charge is 0.350 e. The minimum atomic E-state index is -3.74. The molecule has 2 heterocycles. The van der Waals surface area contributed by atoms with Gasteiger partial charge in [0.05, 0.1) is 18.0 Å². The second-order valence-electron chi connectivity index (χ2n) is 7.04. The summed E-state index contributed by atoms with van der Waals surface area (Å²) in [6, 6.07) is 9.78. The van der Waals surface area contributed by atoms with Gasteiger partial charge in [-0.1, -0.05) is 17.7 Å². The molecule has 0 bridgehead atoms. The van der Waals surface area contributed by atoms with Gasteiger partial charge in [0.1, 0.15) is 4.21 Å². The maximum absolute atomic E-state index is 12.7. The summed E-state index contributed by atoms with van der Waals surface area (Å²) in [4.78, 5) is 15.0. The summed E-state index contributed by atoms with van der Waals surface area (Å²) in [6.45, 7) is 3.78. The number of hydrogen-bond acceptors (Lipinski definition) is 7. The molecule has 164 valence electrons. The number of nitrogens with one attached hydrogen (secondary N) is 1. The molecule has 2 aromatic rings. The first-order valence-corrected chi connectivity index (χ1v) is 13.0. The Balaban J connectivity index is 1.48. The SMILES string of the molecule is Cc1ccc(S(=O)(=O)N2CCN(CC(=O)NCc3ccc(S(N)(=O)=O)s3)CC2)cc1. The number of nitrogens with two attached hydrogens (primary N) is 1. The van der Waals surface area contributed by atoms with Crippen molar-refractivity contribution in [1.29, 1.82) is 0 Å². The Hall–Kier alpha value is -1.83. The van der Waals surface area contributed by atoms with Crippen molar-refractivity contribution < 1.29 is 21.6 Å². The van der Waals surface area contributed by atoms with Crippen LogP contribution < -0.4 is 10.5 Å². The highest BCUT2D eigenvalue weighted by Gasteiger charge is 2.29. The maximum Gasteiger partial charge on any atom is 0.247 e. The van der Waals surface area contributed by atoms with Gasteiger partial charge in [-0.2, -0.15) is 4.31 Å². The fraction of sp³-hybridized carbons (Fsp3) is 0.389. The highest BCUT2D eigenvalue weighted by atomic mass is 32.2. The van der Waals surface area contributed by atoms with E-state index in [1.54, 1.807) is 30.3 Å². The van der Waals surface area contributed by atoms with Crippen LogP contribution in [0, 0.1) is 6.92 Å². The zero-order chi connectivity index (χ0) is 21.9. The second-order valence-corrected chi connectivity index (χ2v) is 11.9. The number of carbonyl (C=O) groups excluding carboxylic acids is 1. The fourth-order valence-electron chi connectivity index (χ4n) is 3.04. The van der Waals surface area contributed by atoms with Crippen LogP contribution in [0.1, 0.15) is 10.4 Å². The number of thiophene rings is 1. The molecular weight excluding hydrogens is 448 g/mol. The van der Waals surface area contributed by atoms with Crippen LogP contribution in [0.25, 0.3) is 0 Å². The highest BCUT2D eigenvalue weighted by molar-refractivity contribution is 7.91. The topological polar surface area (TPSA) is 130 Å². The number of primary sulfonamides is 1. The summed E-state index contributed by atoms with van der Waals surface area (Å²) in [5, 5.41) is 7.82. The zero-order valence-electron chi connectivity index (χ0n) is 16.4. The molecular formula is C18H24N4O5S3. The highest BCUT2D eigenvalue weighted by Crippen LogP contribution is 2.20. The van der Waals surface area contributed by atoms with Gasteiger partial charge in [0, 0.05) is 31.1 Å². The third kappa shape index (κ3) is 5.65. The van der Waals surface area contributed by atoms with Gasteiger partial charge in [-0.3, -0.25) is 9.69 Å². The van der Waals surface area contributed by atoms with Gasteiger partial charge in [0.25, 0.3) is 0 Å². The standard InChI is InChI=1S/C18H24N4O5S3/c1-14-2-5-16(6-3-14)30(26,27)22-10-8-21(9-11-22)13-17(23)20-12-15-4-7-18(28-15)29(19,24)25/h2-7H,8-13H2,1H3,(H,20,23)(H2,19,24,25). The van der Waals surface area contributed by atoms with Gasteiger partial charge in [-0.15, -0.1) is 11.3 Å². The van der Waals surface area contributed by atoms with Crippen LogP contribution >= 0.6 is 11.3 Å². The number of piperazine rings is 1. The number of sulfonamides is 2. The molecule has 0 unspecified atom stereocenters. The van der Waals surface area contributed by atoms with E-state index in [9.17, 15) is 21.6 Å². The summed E-state index contributed by atoms with van der Waals surface area (Å²) >= 11 is 1.01. The van der Waals surface area contributed by atoms with Crippen LogP contribution in [-0.4, -0.2) is 64.7 Å². The van der Waals surface area contributed by atoms with Gasteiger partial charge < -0.3 is 5.32 Å². The van der Waals surface area contributed by atoms with E-state index in [0.29, 0.717) is 31.1 Å².